The van der Waals surface area contributed by atoms with Crippen molar-refractivity contribution in [2.75, 3.05) is 45.4 Å². The SMILES string of the molecule is COc1ccc(/C(C#N)=C/c2ccc(N3CCOCC3)o2)cc1OC. The smallest absolute Gasteiger partial charge is 0.196 e. The molecular formula is C19H20N2O4. The molecule has 1 aromatic heterocycles. The van der Waals surface area contributed by atoms with Crippen LogP contribution >= 0.6 is 0 Å². The van der Waals surface area contributed by atoms with Crippen molar-refractivity contribution in [3.8, 4) is 17.6 Å². The zero-order valence-electron chi connectivity index (χ0n) is 14.3. The minimum atomic E-state index is 0.490. The summed E-state index contributed by atoms with van der Waals surface area (Å²) >= 11 is 0. The van der Waals surface area contributed by atoms with Crippen molar-refractivity contribution < 1.29 is 18.6 Å². The van der Waals surface area contributed by atoms with Gasteiger partial charge in [0, 0.05) is 19.2 Å². The quantitative estimate of drug-likeness (QED) is 0.779. The van der Waals surface area contributed by atoms with Gasteiger partial charge in [-0.2, -0.15) is 5.26 Å². The highest BCUT2D eigenvalue weighted by molar-refractivity contribution is 5.89. The normalized spacial score (nSPS) is 14.9. The Bertz CT molecular complexity index is 798. The average molecular weight is 340 g/mol. The van der Waals surface area contributed by atoms with Crippen LogP contribution in [-0.2, 0) is 4.74 Å². The first-order valence-electron chi connectivity index (χ1n) is 8.02. The largest absolute Gasteiger partial charge is 0.493 e. The average Bonchev–Trinajstić information content (AvgIpc) is 3.15. The number of methoxy groups -OCH3 is 2. The van der Waals surface area contributed by atoms with Gasteiger partial charge in [0.1, 0.15) is 5.76 Å². The Morgan fingerprint density at radius 2 is 1.88 bits per heavy atom. The van der Waals surface area contributed by atoms with Crippen molar-refractivity contribution in [2.24, 2.45) is 0 Å². The minimum absolute atomic E-state index is 0.490. The number of rotatable bonds is 5. The molecule has 1 aliphatic rings. The summed E-state index contributed by atoms with van der Waals surface area (Å²) in [5.41, 5.74) is 1.23. The highest BCUT2D eigenvalue weighted by Crippen LogP contribution is 2.31. The standard InChI is InChI=1S/C19H20N2O4/c1-22-17-5-3-14(12-18(17)23-2)15(13-20)11-16-4-6-19(25-16)21-7-9-24-10-8-21/h3-6,11-12H,7-10H2,1-2H3/b15-11+. The Balaban J connectivity index is 1.86. The van der Waals surface area contributed by atoms with Crippen molar-refractivity contribution >= 4 is 17.5 Å². The Hall–Kier alpha value is -2.91. The molecule has 0 aliphatic carbocycles. The number of nitrogens with zero attached hydrogens (tertiary/aromatic N) is 2. The molecule has 0 atom stereocenters. The topological polar surface area (TPSA) is 67.9 Å². The number of morpholine rings is 1. The number of hydrogen-bond acceptors (Lipinski definition) is 6. The second-order valence-electron chi connectivity index (χ2n) is 5.52. The van der Waals surface area contributed by atoms with E-state index in [4.69, 9.17) is 18.6 Å². The first-order valence-corrected chi connectivity index (χ1v) is 8.02. The Morgan fingerprint density at radius 1 is 1.12 bits per heavy atom. The predicted molar refractivity (Wildman–Crippen MR) is 94.8 cm³/mol. The molecule has 2 aromatic rings. The fraction of sp³-hybridized carbons (Fsp3) is 0.316. The van der Waals surface area contributed by atoms with E-state index in [0.717, 1.165) is 24.5 Å². The molecule has 1 saturated heterocycles. The molecule has 0 amide bonds. The lowest BCUT2D eigenvalue weighted by atomic mass is 10.1. The lowest BCUT2D eigenvalue weighted by Gasteiger charge is -2.26. The van der Waals surface area contributed by atoms with E-state index < -0.39 is 0 Å². The summed E-state index contributed by atoms with van der Waals surface area (Å²) in [5, 5.41) is 9.53. The Morgan fingerprint density at radius 3 is 2.56 bits per heavy atom. The molecule has 0 N–H and O–H groups in total. The van der Waals surface area contributed by atoms with E-state index in [1.165, 1.54) is 0 Å². The van der Waals surface area contributed by atoms with E-state index >= 15 is 0 Å². The zero-order valence-corrected chi connectivity index (χ0v) is 14.3. The first-order chi connectivity index (χ1) is 12.2. The van der Waals surface area contributed by atoms with E-state index in [1.54, 1.807) is 32.4 Å². The van der Waals surface area contributed by atoms with Gasteiger partial charge in [0.05, 0.1) is 39.1 Å². The molecule has 130 valence electrons. The van der Waals surface area contributed by atoms with Gasteiger partial charge >= 0.3 is 0 Å². The fourth-order valence-corrected chi connectivity index (χ4v) is 2.70. The number of anilines is 1. The lowest BCUT2D eigenvalue weighted by molar-refractivity contribution is 0.120. The molecular weight excluding hydrogens is 320 g/mol. The van der Waals surface area contributed by atoms with Crippen LogP contribution in [0.25, 0.3) is 11.6 Å². The summed E-state index contributed by atoms with van der Waals surface area (Å²) < 4.78 is 21.7. The highest BCUT2D eigenvalue weighted by Gasteiger charge is 2.15. The molecule has 1 fully saturated rings. The molecule has 0 bridgehead atoms. The number of benzene rings is 1. The molecule has 0 spiro atoms. The van der Waals surface area contributed by atoms with Crippen molar-refractivity contribution in [3.05, 3.63) is 41.7 Å². The van der Waals surface area contributed by atoms with Gasteiger partial charge in [0.15, 0.2) is 17.4 Å². The third kappa shape index (κ3) is 3.78. The summed E-state index contributed by atoms with van der Waals surface area (Å²) in [5.74, 6) is 2.62. The molecule has 0 unspecified atom stereocenters. The van der Waals surface area contributed by atoms with E-state index in [0.29, 0.717) is 36.0 Å². The van der Waals surface area contributed by atoms with Crippen LogP contribution in [0.15, 0.2) is 34.7 Å². The molecule has 0 radical (unpaired) electrons. The lowest BCUT2D eigenvalue weighted by Crippen LogP contribution is -2.35. The van der Waals surface area contributed by atoms with Crippen LogP contribution in [0.1, 0.15) is 11.3 Å². The molecule has 0 saturated carbocycles. The number of hydrogen-bond donors (Lipinski definition) is 0. The fourth-order valence-electron chi connectivity index (χ4n) is 2.70. The van der Waals surface area contributed by atoms with E-state index in [-0.39, 0.29) is 0 Å². The van der Waals surface area contributed by atoms with Crippen molar-refractivity contribution in [1.82, 2.24) is 0 Å². The van der Waals surface area contributed by atoms with Crippen molar-refractivity contribution in [1.29, 1.82) is 5.26 Å². The Kier molecular flexibility index (Phi) is 5.26. The van der Waals surface area contributed by atoms with Crippen LogP contribution in [-0.4, -0.2) is 40.5 Å². The summed E-state index contributed by atoms with van der Waals surface area (Å²) in [6, 6.07) is 11.4. The van der Waals surface area contributed by atoms with Crippen LogP contribution in [0.3, 0.4) is 0 Å². The molecule has 3 rings (SSSR count). The van der Waals surface area contributed by atoms with Gasteiger partial charge in [-0.3, -0.25) is 0 Å². The van der Waals surface area contributed by atoms with Gasteiger partial charge in [0.2, 0.25) is 0 Å². The summed E-state index contributed by atoms with van der Waals surface area (Å²) in [6.07, 6.45) is 1.73. The summed E-state index contributed by atoms with van der Waals surface area (Å²) in [6.45, 7) is 3.00. The van der Waals surface area contributed by atoms with Gasteiger partial charge in [-0.15, -0.1) is 0 Å². The van der Waals surface area contributed by atoms with Crippen LogP contribution in [0.2, 0.25) is 0 Å². The van der Waals surface area contributed by atoms with E-state index in [9.17, 15) is 5.26 Å². The molecule has 6 nitrogen and oxygen atoms in total. The van der Waals surface area contributed by atoms with Gasteiger partial charge in [-0.05, 0) is 35.9 Å². The monoisotopic (exact) mass is 340 g/mol. The van der Waals surface area contributed by atoms with Crippen LogP contribution in [0, 0.1) is 11.3 Å². The maximum Gasteiger partial charge on any atom is 0.196 e. The second kappa shape index (κ2) is 7.77. The van der Waals surface area contributed by atoms with Crippen molar-refractivity contribution in [2.45, 2.75) is 0 Å². The number of furan rings is 1. The number of nitriles is 1. The van der Waals surface area contributed by atoms with Gasteiger partial charge in [-0.1, -0.05) is 0 Å². The third-order valence-electron chi connectivity index (χ3n) is 4.04. The Labute approximate surface area is 146 Å². The second-order valence-corrected chi connectivity index (χ2v) is 5.52. The van der Waals surface area contributed by atoms with Crippen LogP contribution in [0.4, 0.5) is 5.88 Å². The number of allylic oxidation sites excluding steroid dienone is 1. The highest BCUT2D eigenvalue weighted by atomic mass is 16.5. The van der Waals surface area contributed by atoms with Crippen molar-refractivity contribution in [3.63, 3.8) is 0 Å². The minimum Gasteiger partial charge on any atom is -0.493 e. The molecule has 2 heterocycles. The maximum absolute atomic E-state index is 9.53. The number of ether oxygens (including phenoxy) is 3. The van der Waals surface area contributed by atoms with E-state index in [1.807, 2.05) is 18.2 Å². The third-order valence-corrected chi connectivity index (χ3v) is 4.04. The summed E-state index contributed by atoms with van der Waals surface area (Å²) in [7, 11) is 3.15. The predicted octanol–water partition coefficient (Wildman–Crippen LogP) is 3.20. The molecule has 1 aliphatic heterocycles. The van der Waals surface area contributed by atoms with E-state index in [2.05, 4.69) is 11.0 Å². The first kappa shape index (κ1) is 16.9. The van der Waals surface area contributed by atoms with Gasteiger partial charge < -0.3 is 23.5 Å². The zero-order chi connectivity index (χ0) is 17.6. The van der Waals surface area contributed by atoms with Crippen LogP contribution in [0.5, 0.6) is 11.5 Å². The summed E-state index contributed by atoms with van der Waals surface area (Å²) in [4.78, 5) is 2.13. The molecule has 6 heteroatoms. The van der Waals surface area contributed by atoms with Gasteiger partial charge in [-0.25, -0.2) is 0 Å². The molecule has 1 aromatic carbocycles. The molecule has 25 heavy (non-hydrogen) atoms. The van der Waals surface area contributed by atoms with Crippen LogP contribution < -0.4 is 14.4 Å². The van der Waals surface area contributed by atoms with Gasteiger partial charge in [0.25, 0.3) is 0 Å². The maximum atomic E-state index is 9.53.